The van der Waals surface area contributed by atoms with Gasteiger partial charge in [0.1, 0.15) is 5.75 Å². The lowest BCUT2D eigenvalue weighted by Crippen LogP contribution is -1.96. The molecule has 0 fully saturated rings. The number of halogens is 2. The van der Waals surface area contributed by atoms with E-state index in [4.69, 9.17) is 22.1 Å². The molecule has 0 heterocycles. The van der Waals surface area contributed by atoms with Crippen molar-refractivity contribution in [2.75, 3.05) is 18.2 Å². The Bertz CT molecular complexity index is 575. The van der Waals surface area contributed by atoms with Crippen LogP contribution in [-0.2, 0) is 0 Å². The van der Waals surface area contributed by atoms with Gasteiger partial charge in [0.15, 0.2) is 0 Å². The molecule has 3 nitrogen and oxygen atoms in total. The van der Waals surface area contributed by atoms with Gasteiger partial charge in [0.05, 0.1) is 23.5 Å². The molecule has 0 saturated heterocycles. The summed E-state index contributed by atoms with van der Waals surface area (Å²) >= 11 is 8.38. The lowest BCUT2D eigenvalue weighted by Gasteiger charge is -2.11. The molecule has 2 rings (SSSR count). The molecule has 94 valence electrons. The number of benzene rings is 2. The second-order valence-electron chi connectivity index (χ2n) is 3.71. The van der Waals surface area contributed by atoms with Gasteiger partial charge in [-0.2, -0.15) is 0 Å². The molecule has 5 heteroatoms. The van der Waals surface area contributed by atoms with E-state index in [1.165, 1.54) is 0 Å². The Morgan fingerprint density at radius 1 is 1.22 bits per heavy atom. The molecular weight excluding hydrogens is 363 g/mol. The van der Waals surface area contributed by atoms with E-state index in [0.29, 0.717) is 16.5 Å². The largest absolute Gasteiger partial charge is 0.495 e. The van der Waals surface area contributed by atoms with Crippen molar-refractivity contribution >= 4 is 51.3 Å². The molecule has 0 radical (unpaired) electrons. The van der Waals surface area contributed by atoms with Crippen molar-refractivity contribution in [3.05, 3.63) is 45.0 Å². The summed E-state index contributed by atoms with van der Waals surface area (Å²) in [6.07, 6.45) is 0. The molecule has 0 atom stereocenters. The van der Waals surface area contributed by atoms with Gasteiger partial charge >= 0.3 is 0 Å². The van der Waals surface area contributed by atoms with Crippen LogP contribution in [0.15, 0.2) is 36.4 Å². The van der Waals surface area contributed by atoms with Crippen LogP contribution < -0.4 is 15.8 Å². The summed E-state index contributed by atoms with van der Waals surface area (Å²) in [4.78, 5) is 0. The topological polar surface area (TPSA) is 47.3 Å². The average molecular weight is 375 g/mol. The zero-order valence-electron chi connectivity index (χ0n) is 9.71. The molecule has 0 aliphatic rings. The third-order valence-electron chi connectivity index (χ3n) is 2.44. The van der Waals surface area contributed by atoms with E-state index in [0.717, 1.165) is 14.9 Å². The first-order valence-electron chi connectivity index (χ1n) is 5.26. The average Bonchev–Trinajstić information content (AvgIpc) is 2.35. The molecule has 0 bridgehead atoms. The standard InChI is InChI=1S/C13H12ClIN2O/c1-18-13-7-9(3-4-11(13)16)17-12-5-2-8(15)6-10(12)14/h2-7,17H,16H2,1H3. The summed E-state index contributed by atoms with van der Waals surface area (Å²) in [5, 5.41) is 3.91. The highest BCUT2D eigenvalue weighted by molar-refractivity contribution is 14.1. The van der Waals surface area contributed by atoms with Gasteiger partial charge < -0.3 is 15.8 Å². The number of nitrogens with one attached hydrogen (secondary N) is 1. The zero-order valence-corrected chi connectivity index (χ0v) is 12.6. The predicted octanol–water partition coefficient (Wildman–Crippen LogP) is 4.28. The number of ether oxygens (including phenoxy) is 1. The van der Waals surface area contributed by atoms with Crippen LogP contribution in [0.5, 0.6) is 5.75 Å². The molecule has 0 aromatic heterocycles. The van der Waals surface area contributed by atoms with Crippen molar-refractivity contribution in [1.29, 1.82) is 0 Å². The zero-order chi connectivity index (χ0) is 13.1. The summed E-state index contributed by atoms with van der Waals surface area (Å²) in [6, 6.07) is 11.3. The molecule has 2 aromatic carbocycles. The maximum Gasteiger partial charge on any atom is 0.143 e. The fourth-order valence-corrected chi connectivity index (χ4v) is 2.44. The maximum atomic E-state index is 6.16. The highest BCUT2D eigenvalue weighted by Crippen LogP contribution is 2.30. The van der Waals surface area contributed by atoms with Gasteiger partial charge in [0, 0.05) is 15.3 Å². The third kappa shape index (κ3) is 3.00. The van der Waals surface area contributed by atoms with Crippen LogP contribution in [0.3, 0.4) is 0 Å². The van der Waals surface area contributed by atoms with E-state index in [-0.39, 0.29) is 0 Å². The van der Waals surface area contributed by atoms with Crippen LogP contribution in [0.1, 0.15) is 0 Å². The first-order valence-corrected chi connectivity index (χ1v) is 6.71. The van der Waals surface area contributed by atoms with Gasteiger partial charge in [-0.1, -0.05) is 11.6 Å². The first kappa shape index (κ1) is 13.3. The van der Waals surface area contributed by atoms with Crippen LogP contribution in [0.2, 0.25) is 5.02 Å². The number of hydrogen-bond acceptors (Lipinski definition) is 3. The van der Waals surface area contributed by atoms with E-state index < -0.39 is 0 Å². The van der Waals surface area contributed by atoms with Crippen LogP contribution >= 0.6 is 34.2 Å². The molecule has 3 N–H and O–H groups in total. The number of anilines is 3. The van der Waals surface area contributed by atoms with Gasteiger partial charge in [0.2, 0.25) is 0 Å². The van der Waals surface area contributed by atoms with Crippen molar-refractivity contribution in [2.24, 2.45) is 0 Å². The van der Waals surface area contributed by atoms with Gasteiger partial charge in [-0.25, -0.2) is 0 Å². The molecule has 0 unspecified atom stereocenters. The van der Waals surface area contributed by atoms with Crippen molar-refractivity contribution in [3.63, 3.8) is 0 Å². The van der Waals surface area contributed by atoms with E-state index >= 15 is 0 Å². The number of methoxy groups -OCH3 is 1. The molecule has 0 saturated carbocycles. The van der Waals surface area contributed by atoms with E-state index in [1.54, 1.807) is 13.2 Å². The van der Waals surface area contributed by atoms with E-state index in [9.17, 15) is 0 Å². The minimum atomic E-state index is 0.608. The lowest BCUT2D eigenvalue weighted by molar-refractivity contribution is 0.417. The maximum absolute atomic E-state index is 6.16. The number of nitrogens with two attached hydrogens (primary N) is 1. The summed E-state index contributed by atoms with van der Waals surface area (Å²) < 4.78 is 6.27. The Morgan fingerprint density at radius 3 is 2.67 bits per heavy atom. The normalized spacial score (nSPS) is 10.2. The SMILES string of the molecule is COc1cc(Nc2ccc(I)cc2Cl)ccc1N. The monoisotopic (exact) mass is 374 g/mol. The van der Waals surface area contributed by atoms with Gasteiger partial charge in [-0.15, -0.1) is 0 Å². The number of rotatable bonds is 3. The van der Waals surface area contributed by atoms with Gasteiger partial charge in [-0.05, 0) is 52.9 Å². The number of hydrogen-bond donors (Lipinski definition) is 2. The van der Waals surface area contributed by atoms with Crippen LogP contribution in [-0.4, -0.2) is 7.11 Å². The van der Waals surface area contributed by atoms with Crippen LogP contribution in [0.4, 0.5) is 17.1 Å². The summed E-state index contributed by atoms with van der Waals surface area (Å²) in [6.45, 7) is 0. The molecule has 0 aliphatic carbocycles. The van der Waals surface area contributed by atoms with Gasteiger partial charge in [-0.3, -0.25) is 0 Å². The summed E-state index contributed by atoms with van der Waals surface area (Å²) in [7, 11) is 1.59. The second kappa shape index (κ2) is 5.67. The molecule has 0 aliphatic heterocycles. The first-order chi connectivity index (χ1) is 8.60. The minimum Gasteiger partial charge on any atom is -0.495 e. The smallest absolute Gasteiger partial charge is 0.143 e. The Hall–Kier alpha value is -1.14. The van der Waals surface area contributed by atoms with Crippen LogP contribution in [0, 0.1) is 3.57 Å². The molecule has 0 spiro atoms. The fraction of sp³-hybridized carbons (Fsp3) is 0.0769. The molecule has 0 amide bonds. The van der Waals surface area contributed by atoms with Crippen molar-refractivity contribution in [1.82, 2.24) is 0 Å². The summed E-state index contributed by atoms with van der Waals surface area (Å²) in [5.74, 6) is 0.640. The second-order valence-corrected chi connectivity index (χ2v) is 5.36. The summed E-state index contributed by atoms with van der Waals surface area (Å²) in [5.41, 5.74) is 8.10. The molecule has 2 aromatic rings. The van der Waals surface area contributed by atoms with E-state index in [2.05, 4.69) is 27.9 Å². The Morgan fingerprint density at radius 2 is 2.00 bits per heavy atom. The highest BCUT2D eigenvalue weighted by Gasteiger charge is 2.04. The van der Waals surface area contributed by atoms with E-state index in [1.807, 2.05) is 30.3 Å². The fourth-order valence-electron chi connectivity index (χ4n) is 1.54. The lowest BCUT2D eigenvalue weighted by atomic mass is 10.2. The Labute approximate surface area is 124 Å². The minimum absolute atomic E-state index is 0.608. The Kier molecular flexibility index (Phi) is 4.19. The molecule has 18 heavy (non-hydrogen) atoms. The van der Waals surface area contributed by atoms with Crippen molar-refractivity contribution in [2.45, 2.75) is 0 Å². The van der Waals surface area contributed by atoms with Crippen LogP contribution in [0.25, 0.3) is 0 Å². The van der Waals surface area contributed by atoms with Gasteiger partial charge in [0.25, 0.3) is 0 Å². The molecular formula is C13H12ClIN2O. The Balaban J connectivity index is 2.28. The van der Waals surface area contributed by atoms with Crippen molar-refractivity contribution in [3.8, 4) is 5.75 Å². The third-order valence-corrected chi connectivity index (χ3v) is 3.43. The quantitative estimate of drug-likeness (QED) is 0.623. The highest BCUT2D eigenvalue weighted by atomic mass is 127. The number of nitrogen functional groups attached to an aromatic ring is 1. The predicted molar refractivity (Wildman–Crippen MR) is 84.9 cm³/mol. The van der Waals surface area contributed by atoms with Crippen molar-refractivity contribution < 1.29 is 4.74 Å².